The molecule has 0 atom stereocenters. The molecule has 19 valence electrons. The van der Waals surface area contributed by atoms with Gasteiger partial charge in [-0.3, -0.25) is 0 Å². The molecule has 0 amide bonds. The summed E-state index contributed by atoms with van der Waals surface area (Å²) in [5, 5.41) is 6.50. The molecule has 0 aromatic carbocycles. The fraction of sp³-hybridized carbons (Fsp3) is 1.00. The van der Waals surface area contributed by atoms with Crippen molar-refractivity contribution >= 4 is 15.9 Å². The van der Waals surface area contributed by atoms with Crippen molar-refractivity contribution in [1.82, 2.24) is 0 Å². The van der Waals surface area contributed by atoms with Gasteiger partial charge in [-0.2, -0.15) is 0 Å². The molecule has 0 aliphatic rings. The zero-order valence-corrected chi connectivity index (χ0v) is 1.60. The molecule has 0 aromatic heterocycles. The zero-order valence-electron chi connectivity index (χ0n) is 1.60. The normalized spacial score (nSPS) is 1.25. The fourth-order valence-corrected chi connectivity index (χ4v) is 0. The molecule has 0 spiro atoms. The molecule has 0 bridgehead atoms. The second-order valence-electron chi connectivity index (χ2n) is 0. The van der Waals surface area contributed by atoms with Crippen LogP contribution in [0.25, 0.3) is 0 Å². The molecule has 3 radical (unpaired) electrons. The Morgan fingerprint density at radius 3 is 1.25 bits per heavy atom. The van der Waals surface area contributed by atoms with Gasteiger partial charge in [0.15, 0.2) is 0 Å². The summed E-state index contributed by atoms with van der Waals surface area (Å²) in [5.41, 5.74) is 0. The molecule has 0 aliphatic heterocycles. The van der Waals surface area contributed by atoms with Crippen molar-refractivity contribution in [3.05, 3.63) is 0 Å². The smallest absolute Gasteiger partial charge is 0 e. The average Bonchev–Trinajstić information content (AvgIpc) is 1.00. The quantitative estimate of drug-likeness (QED) is 0.352. The van der Waals surface area contributed by atoms with E-state index in [-0.39, 0.29) is 15.8 Å². The number of rotatable bonds is 0. The van der Waals surface area contributed by atoms with E-state index in [2.05, 4.69) is 7.49 Å². The first-order chi connectivity index (χ1) is 1.00. The number of hydrogen-bond acceptors (Lipinski definition) is 1. The molecule has 0 aromatic rings. The molecule has 0 heterocycles. The van der Waals surface area contributed by atoms with Crippen LogP contribution in [0, 0.1) is 5.16 Å². The third-order valence-corrected chi connectivity index (χ3v) is 0. The van der Waals surface area contributed by atoms with E-state index >= 15 is 0 Å². The SMILES string of the molecule is B#N.C.[B]. The topological polar surface area (TPSA) is 23.8 Å². The molecule has 0 N–H and O–H groups in total. The summed E-state index contributed by atoms with van der Waals surface area (Å²) in [4.78, 5) is 0. The van der Waals surface area contributed by atoms with Crippen molar-refractivity contribution in [3.8, 4) is 0 Å². The Bertz CT molecular complexity index is 10.8. The largest absolute Gasteiger partial charge is 0.0776 e. The van der Waals surface area contributed by atoms with Gasteiger partial charge in [-0.05, 0) is 0 Å². The van der Waals surface area contributed by atoms with Crippen LogP contribution in [-0.4, -0.2) is 15.9 Å². The Balaban J connectivity index is -0.00000000500. The van der Waals surface area contributed by atoms with Gasteiger partial charge in [-0.1, -0.05) is 7.43 Å². The van der Waals surface area contributed by atoms with E-state index in [1.807, 2.05) is 0 Å². The summed E-state index contributed by atoms with van der Waals surface area (Å²) < 4.78 is 0. The first kappa shape index (κ1) is 43.9. The van der Waals surface area contributed by atoms with Gasteiger partial charge in [0.2, 0.25) is 0 Å². The van der Waals surface area contributed by atoms with Crippen molar-refractivity contribution in [2.24, 2.45) is 0 Å². The van der Waals surface area contributed by atoms with E-state index in [1.165, 1.54) is 0 Å². The third kappa shape index (κ3) is 50.6. The molecule has 0 saturated carbocycles. The molecule has 4 heavy (non-hydrogen) atoms. The monoisotopic (exact) mass is 52.1 g/mol. The maximum Gasteiger partial charge on any atom is 0 e. The van der Waals surface area contributed by atoms with E-state index in [9.17, 15) is 0 Å². The summed E-state index contributed by atoms with van der Waals surface area (Å²) >= 11 is 0. The molecular weight excluding hydrogens is 47.6 g/mol. The average molecular weight is 51.7 g/mol. The minimum absolute atomic E-state index is 0. The Labute approximate surface area is 29.6 Å². The van der Waals surface area contributed by atoms with Crippen molar-refractivity contribution in [2.45, 2.75) is 7.43 Å². The van der Waals surface area contributed by atoms with Gasteiger partial charge in [-0.25, -0.2) is 0 Å². The molecule has 0 unspecified atom stereocenters. The summed E-state index contributed by atoms with van der Waals surface area (Å²) in [7, 11) is 3.50. The maximum atomic E-state index is 6.50. The molecular formula is CH4B2N. The molecule has 0 saturated heterocycles. The van der Waals surface area contributed by atoms with Crippen LogP contribution >= 0.6 is 0 Å². The van der Waals surface area contributed by atoms with Gasteiger partial charge in [0.05, 0.1) is 0 Å². The van der Waals surface area contributed by atoms with Gasteiger partial charge in [0, 0.05) is 8.41 Å². The van der Waals surface area contributed by atoms with Crippen molar-refractivity contribution in [3.63, 3.8) is 0 Å². The third-order valence-electron chi connectivity index (χ3n) is 0. The van der Waals surface area contributed by atoms with E-state index < -0.39 is 0 Å². The van der Waals surface area contributed by atoms with Crippen molar-refractivity contribution in [2.75, 3.05) is 0 Å². The van der Waals surface area contributed by atoms with Crippen LogP contribution in [0.2, 0.25) is 0 Å². The van der Waals surface area contributed by atoms with Crippen molar-refractivity contribution in [1.29, 1.82) is 5.16 Å². The van der Waals surface area contributed by atoms with E-state index in [1.54, 1.807) is 0 Å². The van der Waals surface area contributed by atoms with Gasteiger partial charge >= 0.3 is 12.6 Å². The predicted octanol–water partition coefficient (Wildman–Crippen LogP) is -0.110. The maximum absolute atomic E-state index is 6.50. The zero-order chi connectivity index (χ0) is 2.00. The summed E-state index contributed by atoms with van der Waals surface area (Å²) in [6.45, 7) is 0. The number of hydrogen-bond donors (Lipinski definition) is 0. The fourth-order valence-electron chi connectivity index (χ4n) is 0. The van der Waals surface area contributed by atoms with Crippen LogP contribution in [-0.2, 0) is 0 Å². The summed E-state index contributed by atoms with van der Waals surface area (Å²) in [6, 6.07) is 0. The van der Waals surface area contributed by atoms with E-state index in [0.717, 1.165) is 0 Å². The molecule has 3 heteroatoms. The molecule has 0 fully saturated rings. The van der Waals surface area contributed by atoms with Crippen molar-refractivity contribution < 1.29 is 0 Å². The minimum Gasteiger partial charge on any atom is -0.0776 e. The first-order valence-electron chi connectivity index (χ1n) is 0.258. The van der Waals surface area contributed by atoms with E-state index in [0.29, 0.717) is 0 Å². The van der Waals surface area contributed by atoms with Gasteiger partial charge in [0.25, 0.3) is 0 Å². The molecule has 1 nitrogen and oxygen atoms in total. The summed E-state index contributed by atoms with van der Waals surface area (Å²) in [5.74, 6) is 0. The van der Waals surface area contributed by atoms with Gasteiger partial charge in [-0.15, -0.1) is 0 Å². The Morgan fingerprint density at radius 2 is 1.25 bits per heavy atom. The minimum atomic E-state index is 0. The van der Waals surface area contributed by atoms with Gasteiger partial charge < -0.3 is 0 Å². The van der Waals surface area contributed by atoms with Crippen LogP contribution < -0.4 is 0 Å². The van der Waals surface area contributed by atoms with Crippen LogP contribution in [0.5, 0.6) is 0 Å². The van der Waals surface area contributed by atoms with Crippen LogP contribution in [0.3, 0.4) is 0 Å². The van der Waals surface area contributed by atoms with Crippen LogP contribution in [0.15, 0.2) is 0 Å². The predicted molar refractivity (Wildman–Crippen MR) is 20.0 cm³/mol. The van der Waals surface area contributed by atoms with Crippen LogP contribution in [0.1, 0.15) is 7.43 Å². The van der Waals surface area contributed by atoms with Crippen LogP contribution in [0.4, 0.5) is 0 Å². The second-order valence-corrected chi connectivity index (χ2v) is 0. The summed E-state index contributed by atoms with van der Waals surface area (Å²) in [6.07, 6.45) is 0. The first-order valence-corrected chi connectivity index (χ1v) is 0.258. The van der Waals surface area contributed by atoms with E-state index in [4.69, 9.17) is 5.16 Å². The second kappa shape index (κ2) is 375. The Hall–Kier alpha value is -0.160. The van der Waals surface area contributed by atoms with Gasteiger partial charge in [0.1, 0.15) is 0 Å². The molecule has 0 aliphatic carbocycles. The molecule has 0 rings (SSSR count). The Morgan fingerprint density at radius 1 is 1.25 bits per heavy atom. The standard InChI is InChI=1S/CH4.BN.B/c;1-2;/h1H4;;. The Kier molecular flexibility index (Phi) is 4110. The number of nitrogens with zero attached hydrogens (tertiary/aromatic N) is 1.